The molecule has 0 fully saturated rings. The maximum atomic E-state index is 11.5. The fourth-order valence-corrected chi connectivity index (χ4v) is 1.48. The van der Waals surface area contributed by atoms with Crippen LogP contribution in [0.5, 0.6) is 0 Å². The summed E-state index contributed by atoms with van der Waals surface area (Å²) in [5, 5.41) is 9.74. The smallest absolute Gasteiger partial charge is 0.340 e. The van der Waals surface area contributed by atoms with E-state index in [2.05, 4.69) is 20.3 Å². The van der Waals surface area contributed by atoms with Crippen molar-refractivity contribution in [2.75, 3.05) is 12.4 Å². The second-order valence-electron chi connectivity index (χ2n) is 3.11. The number of hydrogen-bond acceptors (Lipinski definition) is 4. The van der Waals surface area contributed by atoms with E-state index >= 15 is 0 Å². The zero-order chi connectivity index (χ0) is 11.5. The van der Waals surface area contributed by atoms with Gasteiger partial charge in [0.05, 0.1) is 24.4 Å². The van der Waals surface area contributed by atoms with Gasteiger partial charge >= 0.3 is 5.97 Å². The lowest BCUT2D eigenvalue weighted by Gasteiger charge is -2.04. The number of methoxy groups -OCH3 is 1. The van der Waals surface area contributed by atoms with Gasteiger partial charge in [-0.25, -0.2) is 4.79 Å². The Kier molecular flexibility index (Phi) is 2.55. The third-order valence-corrected chi connectivity index (χ3v) is 2.18. The summed E-state index contributed by atoms with van der Waals surface area (Å²) in [5.74, 6) is -0.483. The van der Waals surface area contributed by atoms with Crippen LogP contribution in [0.2, 0.25) is 0 Å². The van der Waals surface area contributed by atoms with E-state index in [9.17, 15) is 9.59 Å². The summed E-state index contributed by atoms with van der Waals surface area (Å²) in [6, 6.07) is 3.24. The molecular weight excluding hydrogens is 210 g/mol. The van der Waals surface area contributed by atoms with Crippen molar-refractivity contribution >= 4 is 29.0 Å². The number of carbonyl (C=O) groups excluding carboxylic acids is 2. The Morgan fingerprint density at radius 3 is 3.06 bits per heavy atom. The van der Waals surface area contributed by atoms with Crippen LogP contribution in [-0.2, 0) is 9.53 Å². The van der Waals surface area contributed by atoms with Crippen molar-refractivity contribution in [1.82, 2.24) is 10.2 Å². The van der Waals surface area contributed by atoms with Crippen molar-refractivity contribution in [1.29, 1.82) is 0 Å². The first-order valence-corrected chi connectivity index (χ1v) is 4.52. The molecule has 6 heteroatoms. The van der Waals surface area contributed by atoms with Crippen LogP contribution in [0.4, 0.5) is 5.69 Å². The van der Waals surface area contributed by atoms with Gasteiger partial charge in [-0.2, -0.15) is 5.10 Å². The maximum absolute atomic E-state index is 11.5. The number of amides is 1. The Labute approximate surface area is 90.6 Å². The molecule has 1 heterocycles. The molecule has 82 valence electrons. The summed E-state index contributed by atoms with van der Waals surface area (Å²) >= 11 is 0. The molecule has 2 rings (SSSR count). The van der Waals surface area contributed by atoms with Crippen molar-refractivity contribution in [2.24, 2.45) is 0 Å². The molecule has 0 saturated heterocycles. The highest BCUT2D eigenvalue weighted by Gasteiger charge is 2.13. The maximum Gasteiger partial charge on any atom is 0.340 e. The number of aromatic amines is 1. The Bertz CT molecular complexity index is 547. The number of hydrogen-bond donors (Lipinski definition) is 2. The zero-order valence-electron chi connectivity index (χ0n) is 8.48. The standard InChI is InChI=1S/C10H9N3O3/c1-16-10(15)8-3-7(11-5-14)2-6-4-12-13-9(6)8/h2-5H,1H3,(H,11,14)(H,12,13). The summed E-state index contributed by atoms with van der Waals surface area (Å²) in [7, 11) is 1.30. The van der Waals surface area contributed by atoms with Gasteiger partial charge in [-0.1, -0.05) is 0 Å². The molecule has 1 aromatic carbocycles. The first-order valence-electron chi connectivity index (χ1n) is 4.52. The highest BCUT2D eigenvalue weighted by atomic mass is 16.5. The number of H-pyrrole nitrogens is 1. The van der Waals surface area contributed by atoms with Crippen LogP contribution in [0, 0.1) is 0 Å². The SMILES string of the molecule is COC(=O)c1cc(NC=O)cc2cn[nH]c12. The monoisotopic (exact) mass is 219 g/mol. The number of benzene rings is 1. The van der Waals surface area contributed by atoms with Gasteiger partial charge in [0.15, 0.2) is 0 Å². The van der Waals surface area contributed by atoms with Crippen LogP contribution < -0.4 is 5.32 Å². The molecule has 1 amide bonds. The Morgan fingerprint density at radius 2 is 2.38 bits per heavy atom. The largest absolute Gasteiger partial charge is 0.465 e. The average Bonchev–Trinajstić information content (AvgIpc) is 2.75. The van der Waals surface area contributed by atoms with Gasteiger partial charge in [-0.05, 0) is 12.1 Å². The van der Waals surface area contributed by atoms with Crippen molar-refractivity contribution < 1.29 is 14.3 Å². The predicted octanol–water partition coefficient (Wildman–Crippen LogP) is 0.918. The van der Waals surface area contributed by atoms with E-state index in [1.54, 1.807) is 12.3 Å². The topological polar surface area (TPSA) is 84.1 Å². The van der Waals surface area contributed by atoms with Gasteiger partial charge in [0.2, 0.25) is 6.41 Å². The van der Waals surface area contributed by atoms with E-state index in [1.807, 2.05) is 0 Å². The lowest BCUT2D eigenvalue weighted by Crippen LogP contribution is -2.04. The quantitative estimate of drug-likeness (QED) is 0.593. The number of ether oxygens (including phenoxy) is 1. The second-order valence-corrected chi connectivity index (χ2v) is 3.11. The molecule has 0 atom stereocenters. The van der Waals surface area contributed by atoms with E-state index in [-0.39, 0.29) is 0 Å². The van der Waals surface area contributed by atoms with Crippen LogP contribution >= 0.6 is 0 Å². The highest BCUT2D eigenvalue weighted by molar-refractivity contribution is 6.04. The lowest BCUT2D eigenvalue weighted by molar-refractivity contribution is -0.105. The molecule has 2 aromatic rings. The normalized spacial score (nSPS) is 10.1. The van der Waals surface area contributed by atoms with E-state index in [0.29, 0.717) is 23.2 Å². The van der Waals surface area contributed by atoms with E-state index in [4.69, 9.17) is 0 Å². The van der Waals surface area contributed by atoms with Gasteiger partial charge < -0.3 is 10.1 Å². The van der Waals surface area contributed by atoms with E-state index in [1.165, 1.54) is 13.2 Å². The first-order chi connectivity index (χ1) is 7.76. The molecule has 16 heavy (non-hydrogen) atoms. The molecular formula is C10H9N3O3. The minimum absolute atomic E-state index is 0.335. The highest BCUT2D eigenvalue weighted by Crippen LogP contribution is 2.22. The van der Waals surface area contributed by atoms with Gasteiger partial charge in [0, 0.05) is 11.1 Å². The fraction of sp³-hybridized carbons (Fsp3) is 0.100. The van der Waals surface area contributed by atoms with Gasteiger partial charge in [-0.15, -0.1) is 0 Å². The van der Waals surface area contributed by atoms with Crippen LogP contribution in [0.15, 0.2) is 18.3 Å². The first kappa shape index (κ1) is 10.2. The molecule has 0 spiro atoms. The molecule has 0 aliphatic rings. The molecule has 0 bridgehead atoms. The van der Waals surface area contributed by atoms with Gasteiger partial charge in [0.25, 0.3) is 0 Å². The summed E-state index contributed by atoms with van der Waals surface area (Å²) in [6.07, 6.45) is 2.11. The number of carbonyl (C=O) groups is 2. The molecule has 0 unspecified atom stereocenters. The van der Waals surface area contributed by atoms with Gasteiger partial charge in [-0.3, -0.25) is 9.89 Å². The second kappa shape index (κ2) is 4.01. The summed E-state index contributed by atoms with van der Waals surface area (Å²) < 4.78 is 4.64. The van der Waals surface area contributed by atoms with Crippen LogP contribution in [-0.4, -0.2) is 29.7 Å². The number of rotatable bonds is 3. The minimum atomic E-state index is -0.483. The Balaban J connectivity index is 2.63. The Hall–Kier alpha value is -2.37. The lowest BCUT2D eigenvalue weighted by atomic mass is 10.1. The van der Waals surface area contributed by atoms with E-state index in [0.717, 1.165) is 5.39 Å². The van der Waals surface area contributed by atoms with Crippen LogP contribution in [0.3, 0.4) is 0 Å². The number of nitrogens with zero attached hydrogens (tertiary/aromatic N) is 1. The molecule has 6 nitrogen and oxygen atoms in total. The summed E-state index contributed by atoms with van der Waals surface area (Å²) in [6.45, 7) is 0. The summed E-state index contributed by atoms with van der Waals surface area (Å²) in [5.41, 5.74) is 1.44. The fourth-order valence-electron chi connectivity index (χ4n) is 1.48. The Morgan fingerprint density at radius 1 is 1.56 bits per heavy atom. The number of esters is 1. The van der Waals surface area contributed by atoms with Gasteiger partial charge in [0.1, 0.15) is 0 Å². The van der Waals surface area contributed by atoms with Crippen molar-refractivity contribution in [3.8, 4) is 0 Å². The average molecular weight is 219 g/mol. The van der Waals surface area contributed by atoms with Crippen molar-refractivity contribution in [2.45, 2.75) is 0 Å². The number of anilines is 1. The van der Waals surface area contributed by atoms with Crippen molar-refractivity contribution in [3.63, 3.8) is 0 Å². The molecule has 0 aliphatic heterocycles. The number of fused-ring (bicyclic) bond motifs is 1. The molecule has 0 aliphatic carbocycles. The predicted molar refractivity (Wildman–Crippen MR) is 57.1 cm³/mol. The number of nitrogens with one attached hydrogen (secondary N) is 2. The number of aromatic nitrogens is 2. The molecule has 1 aromatic heterocycles. The van der Waals surface area contributed by atoms with E-state index < -0.39 is 5.97 Å². The minimum Gasteiger partial charge on any atom is -0.465 e. The summed E-state index contributed by atoms with van der Waals surface area (Å²) in [4.78, 5) is 21.8. The van der Waals surface area contributed by atoms with Crippen molar-refractivity contribution in [3.05, 3.63) is 23.9 Å². The molecule has 0 saturated carbocycles. The molecule has 0 radical (unpaired) electrons. The van der Waals surface area contributed by atoms with Crippen LogP contribution in [0.1, 0.15) is 10.4 Å². The third kappa shape index (κ3) is 1.60. The zero-order valence-corrected chi connectivity index (χ0v) is 8.48. The third-order valence-electron chi connectivity index (χ3n) is 2.18. The van der Waals surface area contributed by atoms with Crippen LogP contribution in [0.25, 0.3) is 10.9 Å². The molecule has 2 N–H and O–H groups in total.